The fourth-order valence-electron chi connectivity index (χ4n) is 2.84. The molecule has 1 heterocycles. The molecule has 1 aromatic heterocycles. The van der Waals surface area contributed by atoms with Crippen molar-refractivity contribution in [1.82, 2.24) is 16.0 Å². The first-order valence-corrected chi connectivity index (χ1v) is 9.65. The third kappa shape index (κ3) is 6.13. The van der Waals surface area contributed by atoms with Crippen LogP contribution in [0.15, 0.2) is 76.3 Å². The quantitative estimate of drug-likeness (QED) is 0.395. The Balaban J connectivity index is 1.49. The molecule has 0 saturated carbocycles. The van der Waals surface area contributed by atoms with Crippen LogP contribution in [0.25, 0.3) is 0 Å². The number of nitrogens with one attached hydrogen (secondary N) is 3. The van der Waals surface area contributed by atoms with Gasteiger partial charge >= 0.3 is 0 Å². The minimum absolute atomic E-state index is 0.143. The number of rotatable bonds is 8. The van der Waals surface area contributed by atoms with Gasteiger partial charge in [-0.3, -0.25) is 9.79 Å². The summed E-state index contributed by atoms with van der Waals surface area (Å²) in [6.45, 7) is 1.54. The maximum atomic E-state index is 12.4. The molecule has 7 nitrogen and oxygen atoms in total. The molecule has 0 aliphatic rings. The lowest BCUT2D eigenvalue weighted by molar-refractivity contribution is 0.0948. The van der Waals surface area contributed by atoms with E-state index in [2.05, 4.69) is 20.9 Å². The lowest BCUT2D eigenvalue weighted by atomic mass is 10.1. The van der Waals surface area contributed by atoms with Crippen molar-refractivity contribution in [1.29, 1.82) is 0 Å². The summed E-state index contributed by atoms with van der Waals surface area (Å²) in [5.74, 6) is 2.08. The first-order valence-electron chi connectivity index (χ1n) is 9.65. The first-order chi connectivity index (χ1) is 14.7. The molecule has 0 aliphatic heterocycles. The number of furan rings is 1. The Labute approximate surface area is 176 Å². The summed E-state index contributed by atoms with van der Waals surface area (Å²) >= 11 is 0. The van der Waals surface area contributed by atoms with Gasteiger partial charge in [0.15, 0.2) is 5.96 Å². The molecule has 7 heteroatoms. The fraction of sp³-hybridized carbons (Fsp3) is 0.217. The number of ether oxygens (including phenoxy) is 1. The number of hydrogen-bond donors (Lipinski definition) is 3. The zero-order valence-electron chi connectivity index (χ0n) is 17.1. The summed E-state index contributed by atoms with van der Waals surface area (Å²) in [6, 6.07) is 19.0. The maximum absolute atomic E-state index is 12.4. The van der Waals surface area contributed by atoms with Gasteiger partial charge in [0.05, 0.1) is 19.9 Å². The van der Waals surface area contributed by atoms with Gasteiger partial charge in [0.1, 0.15) is 11.5 Å². The van der Waals surface area contributed by atoms with Gasteiger partial charge in [0.2, 0.25) is 0 Å². The largest absolute Gasteiger partial charge is 0.497 e. The molecular weight excluding hydrogens is 380 g/mol. The van der Waals surface area contributed by atoms with Crippen molar-refractivity contribution in [2.75, 3.05) is 14.2 Å². The number of aliphatic imine (C=N–C) groups is 1. The second-order valence-corrected chi connectivity index (χ2v) is 6.59. The number of benzene rings is 2. The van der Waals surface area contributed by atoms with Crippen LogP contribution in [-0.4, -0.2) is 26.0 Å². The van der Waals surface area contributed by atoms with Crippen molar-refractivity contribution in [3.63, 3.8) is 0 Å². The number of carbonyl (C=O) groups is 1. The topological polar surface area (TPSA) is 87.9 Å². The third-order valence-corrected chi connectivity index (χ3v) is 4.50. The van der Waals surface area contributed by atoms with E-state index in [9.17, 15) is 4.79 Å². The molecule has 3 N–H and O–H groups in total. The van der Waals surface area contributed by atoms with Crippen molar-refractivity contribution >= 4 is 11.9 Å². The van der Waals surface area contributed by atoms with E-state index in [4.69, 9.17) is 9.15 Å². The highest BCUT2D eigenvalue weighted by atomic mass is 16.5. The van der Waals surface area contributed by atoms with Gasteiger partial charge in [-0.25, -0.2) is 0 Å². The number of carbonyl (C=O) groups excluding carboxylic acids is 1. The maximum Gasteiger partial charge on any atom is 0.251 e. The van der Waals surface area contributed by atoms with Gasteiger partial charge in [-0.1, -0.05) is 24.3 Å². The lowest BCUT2D eigenvalue weighted by Gasteiger charge is -2.13. The minimum Gasteiger partial charge on any atom is -0.497 e. The molecule has 0 fully saturated rings. The molecule has 30 heavy (non-hydrogen) atoms. The molecule has 2 aromatic carbocycles. The molecule has 0 unspecified atom stereocenters. The SMILES string of the molecule is CN=C(NCc1ccc(OC)cc1)NCc1cccc(C(=O)NCc2ccco2)c1. The minimum atomic E-state index is -0.143. The van der Waals surface area contributed by atoms with Crippen molar-refractivity contribution in [3.8, 4) is 5.75 Å². The number of methoxy groups -OCH3 is 1. The van der Waals surface area contributed by atoms with Crippen molar-refractivity contribution in [2.24, 2.45) is 4.99 Å². The van der Waals surface area contributed by atoms with E-state index in [1.807, 2.05) is 48.5 Å². The Morgan fingerprint density at radius 2 is 1.70 bits per heavy atom. The highest BCUT2D eigenvalue weighted by Crippen LogP contribution is 2.11. The fourth-order valence-corrected chi connectivity index (χ4v) is 2.84. The van der Waals surface area contributed by atoms with E-state index in [-0.39, 0.29) is 5.91 Å². The summed E-state index contributed by atoms with van der Waals surface area (Å²) < 4.78 is 10.4. The molecule has 0 spiro atoms. The number of guanidine groups is 1. The zero-order valence-corrected chi connectivity index (χ0v) is 17.1. The van der Waals surface area contributed by atoms with Crippen LogP contribution < -0.4 is 20.7 Å². The number of hydrogen-bond acceptors (Lipinski definition) is 4. The molecule has 3 rings (SSSR count). The number of amides is 1. The monoisotopic (exact) mass is 406 g/mol. The van der Waals surface area contributed by atoms with Gasteiger partial charge in [-0.2, -0.15) is 0 Å². The van der Waals surface area contributed by atoms with Crippen LogP contribution in [0.1, 0.15) is 27.2 Å². The van der Waals surface area contributed by atoms with Crippen LogP contribution >= 0.6 is 0 Å². The Hall–Kier alpha value is -3.74. The Bertz CT molecular complexity index is 966. The van der Waals surface area contributed by atoms with Crippen molar-refractivity contribution < 1.29 is 13.9 Å². The molecule has 0 radical (unpaired) electrons. The van der Waals surface area contributed by atoms with Crippen molar-refractivity contribution in [2.45, 2.75) is 19.6 Å². The summed E-state index contributed by atoms with van der Waals surface area (Å²) in [5.41, 5.74) is 2.70. The Kier molecular flexibility index (Phi) is 7.49. The van der Waals surface area contributed by atoms with Crippen LogP contribution in [0.4, 0.5) is 0 Å². The van der Waals surface area contributed by atoms with E-state index in [0.717, 1.165) is 16.9 Å². The standard InChI is InChI=1S/C23H26N4O3/c1-24-23(26-14-17-8-10-20(29-2)11-9-17)27-15-18-5-3-6-19(13-18)22(28)25-16-21-7-4-12-30-21/h3-13H,14-16H2,1-2H3,(H,25,28)(H2,24,26,27). The highest BCUT2D eigenvalue weighted by molar-refractivity contribution is 5.94. The van der Waals surface area contributed by atoms with Crippen LogP contribution in [0.3, 0.4) is 0 Å². The van der Waals surface area contributed by atoms with Gasteiger partial charge in [0, 0.05) is 25.7 Å². The lowest BCUT2D eigenvalue weighted by Crippen LogP contribution is -2.36. The molecule has 0 atom stereocenters. The number of nitrogens with zero attached hydrogens (tertiary/aromatic N) is 1. The Morgan fingerprint density at radius 1 is 0.933 bits per heavy atom. The second-order valence-electron chi connectivity index (χ2n) is 6.59. The van der Waals surface area contributed by atoms with Crippen LogP contribution in [0.5, 0.6) is 5.75 Å². The summed E-state index contributed by atoms with van der Waals surface area (Å²) in [5, 5.41) is 9.39. The molecular formula is C23H26N4O3. The average Bonchev–Trinajstić information content (AvgIpc) is 3.32. The van der Waals surface area contributed by atoms with Gasteiger partial charge in [-0.05, 0) is 47.5 Å². The zero-order chi connectivity index (χ0) is 21.2. The predicted octanol–water partition coefficient (Wildman–Crippen LogP) is 3.08. The van der Waals surface area contributed by atoms with E-state index in [1.54, 1.807) is 32.6 Å². The van der Waals surface area contributed by atoms with E-state index in [0.29, 0.717) is 36.9 Å². The highest BCUT2D eigenvalue weighted by Gasteiger charge is 2.07. The summed E-state index contributed by atoms with van der Waals surface area (Å²) in [4.78, 5) is 16.6. The smallest absolute Gasteiger partial charge is 0.251 e. The first kappa shape index (κ1) is 21.0. The third-order valence-electron chi connectivity index (χ3n) is 4.50. The molecule has 0 bridgehead atoms. The van der Waals surface area contributed by atoms with Gasteiger partial charge in [-0.15, -0.1) is 0 Å². The van der Waals surface area contributed by atoms with Crippen molar-refractivity contribution in [3.05, 3.63) is 89.4 Å². The molecule has 3 aromatic rings. The normalized spacial score (nSPS) is 11.1. The molecule has 1 amide bonds. The van der Waals surface area contributed by atoms with Gasteiger partial charge < -0.3 is 25.1 Å². The summed E-state index contributed by atoms with van der Waals surface area (Å²) in [6.07, 6.45) is 1.59. The Morgan fingerprint density at radius 3 is 2.37 bits per heavy atom. The van der Waals surface area contributed by atoms with Crippen LogP contribution in [0.2, 0.25) is 0 Å². The summed E-state index contributed by atoms with van der Waals surface area (Å²) in [7, 11) is 3.37. The van der Waals surface area contributed by atoms with E-state index < -0.39 is 0 Å². The molecule has 0 saturated heterocycles. The van der Waals surface area contributed by atoms with Gasteiger partial charge in [0.25, 0.3) is 5.91 Å². The van der Waals surface area contributed by atoms with E-state index >= 15 is 0 Å². The predicted molar refractivity (Wildman–Crippen MR) is 116 cm³/mol. The van der Waals surface area contributed by atoms with Crippen LogP contribution in [0, 0.1) is 0 Å². The average molecular weight is 406 g/mol. The second kappa shape index (κ2) is 10.7. The van der Waals surface area contributed by atoms with E-state index in [1.165, 1.54) is 0 Å². The molecule has 0 aliphatic carbocycles. The van der Waals surface area contributed by atoms with Crippen LogP contribution in [-0.2, 0) is 19.6 Å². The molecule has 156 valence electrons.